The molecule has 26 heavy (non-hydrogen) atoms. The average Bonchev–Trinajstić information content (AvgIpc) is 2.84. The van der Waals surface area contributed by atoms with Gasteiger partial charge in [-0.2, -0.15) is 0 Å². The summed E-state index contributed by atoms with van der Waals surface area (Å²) in [5, 5.41) is 3.49. The van der Waals surface area contributed by atoms with Gasteiger partial charge in [-0.1, -0.05) is 70.5 Å². The van der Waals surface area contributed by atoms with E-state index in [9.17, 15) is 0 Å². The quantitative estimate of drug-likeness (QED) is 0.520. The lowest BCUT2D eigenvalue weighted by Gasteiger charge is -2.23. The van der Waals surface area contributed by atoms with E-state index >= 15 is 0 Å². The highest BCUT2D eigenvalue weighted by Gasteiger charge is 2.35. The van der Waals surface area contributed by atoms with Crippen molar-refractivity contribution in [1.82, 2.24) is 0 Å². The van der Waals surface area contributed by atoms with Crippen molar-refractivity contribution in [2.24, 2.45) is 0 Å². The molecule has 1 N–H and O–H groups in total. The minimum absolute atomic E-state index is 0.0818. The highest BCUT2D eigenvalue weighted by molar-refractivity contribution is 5.88. The first-order valence-electron chi connectivity index (χ1n) is 8.85. The van der Waals surface area contributed by atoms with E-state index in [-0.39, 0.29) is 5.41 Å². The SMILES string of the molecule is C=CC1=C(C=C)C(C)(C)c2cc(N/C(C)=C/C(C=C)=C(\C)C=C)ccc21. The Morgan fingerprint density at radius 3 is 2.23 bits per heavy atom. The summed E-state index contributed by atoms with van der Waals surface area (Å²) in [4.78, 5) is 0. The maximum Gasteiger partial charge on any atom is 0.0385 e. The molecule has 134 valence electrons. The standard InChI is InChI=1S/C25H29N/c1-9-17(5)19(10-2)15-18(6)26-20-13-14-22-21(11-3)23(12-4)25(7,8)24(22)16-20/h9-16,26H,1-4H2,5-8H3/b18-15+,19-17+. The van der Waals surface area contributed by atoms with Gasteiger partial charge >= 0.3 is 0 Å². The normalized spacial score (nSPS) is 16.5. The van der Waals surface area contributed by atoms with Crippen LogP contribution in [0.2, 0.25) is 0 Å². The summed E-state index contributed by atoms with van der Waals surface area (Å²) in [5.41, 5.74) is 9.15. The monoisotopic (exact) mass is 343 g/mol. The molecule has 0 heterocycles. The van der Waals surface area contributed by atoms with Gasteiger partial charge in [-0.05, 0) is 65.5 Å². The molecule has 2 rings (SSSR count). The molecule has 1 nitrogen and oxygen atoms in total. The van der Waals surface area contributed by atoms with Crippen LogP contribution in [0.25, 0.3) is 5.57 Å². The van der Waals surface area contributed by atoms with Crippen molar-refractivity contribution in [2.45, 2.75) is 33.1 Å². The Morgan fingerprint density at radius 2 is 1.69 bits per heavy atom. The summed E-state index contributed by atoms with van der Waals surface area (Å²) in [6, 6.07) is 6.50. The van der Waals surface area contributed by atoms with Crippen LogP contribution in [0.3, 0.4) is 0 Å². The molecule has 0 aromatic heterocycles. The highest BCUT2D eigenvalue weighted by Crippen LogP contribution is 2.47. The largest absolute Gasteiger partial charge is 0.359 e. The van der Waals surface area contributed by atoms with Crippen molar-refractivity contribution in [3.05, 3.63) is 108 Å². The molecule has 1 aliphatic rings. The topological polar surface area (TPSA) is 12.0 Å². The van der Waals surface area contributed by atoms with Gasteiger partial charge in [-0.15, -0.1) is 0 Å². The lowest BCUT2D eigenvalue weighted by atomic mass is 9.81. The maximum absolute atomic E-state index is 4.00. The second kappa shape index (κ2) is 7.61. The predicted octanol–water partition coefficient (Wildman–Crippen LogP) is 7.11. The first-order chi connectivity index (χ1) is 12.3. The van der Waals surface area contributed by atoms with E-state index in [4.69, 9.17) is 0 Å². The Hall–Kier alpha value is -2.80. The number of hydrogen-bond acceptors (Lipinski definition) is 1. The molecule has 1 aromatic carbocycles. The Bertz CT molecular complexity index is 869. The Balaban J connectivity index is 2.41. The van der Waals surface area contributed by atoms with E-state index in [1.54, 1.807) is 0 Å². The molecule has 1 aliphatic carbocycles. The van der Waals surface area contributed by atoms with Crippen molar-refractivity contribution in [1.29, 1.82) is 0 Å². The fourth-order valence-electron chi connectivity index (χ4n) is 3.53. The fourth-order valence-corrected chi connectivity index (χ4v) is 3.53. The van der Waals surface area contributed by atoms with Crippen molar-refractivity contribution < 1.29 is 0 Å². The summed E-state index contributed by atoms with van der Waals surface area (Å²) in [7, 11) is 0. The molecule has 0 fully saturated rings. The van der Waals surface area contributed by atoms with Crippen LogP contribution in [-0.2, 0) is 5.41 Å². The van der Waals surface area contributed by atoms with E-state index in [1.807, 2.05) is 31.2 Å². The molecule has 0 amide bonds. The molecule has 1 aromatic rings. The molecule has 0 bridgehead atoms. The zero-order valence-corrected chi connectivity index (χ0v) is 16.4. The summed E-state index contributed by atoms with van der Waals surface area (Å²) in [5.74, 6) is 0. The minimum Gasteiger partial charge on any atom is -0.359 e. The van der Waals surface area contributed by atoms with Crippen molar-refractivity contribution >= 4 is 11.3 Å². The van der Waals surface area contributed by atoms with E-state index < -0.39 is 0 Å². The number of nitrogens with one attached hydrogen (secondary N) is 1. The number of rotatable bonds is 7. The summed E-state index contributed by atoms with van der Waals surface area (Å²) in [6.07, 6.45) is 9.67. The molecular formula is C25H29N. The van der Waals surface area contributed by atoms with Gasteiger partial charge in [0.25, 0.3) is 0 Å². The summed E-state index contributed by atoms with van der Waals surface area (Å²) >= 11 is 0. The van der Waals surface area contributed by atoms with E-state index in [0.29, 0.717) is 0 Å². The molecule has 0 saturated heterocycles. The van der Waals surface area contributed by atoms with Gasteiger partial charge in [0, 0.05) is 16.8 Å². The van der Waals surface area contributed by atoms with Crippen LogP contribution in [0.4, 0.5) is 5.69 Å². The van der Waals surface area contributed by atoms with Crippen LogP contribution >= 0.6 is 0 Å². The molecule has 0 aliphatic heterocycles. The molecule has 0 saturated carbocycles. The third kappa shape index (κ3) is 3.43. The first kappa shape index (κ1) is 19.5. The lowest BCUT2D eigenvalue weighted by Crippen LogP contribution is -2.16. The van der Waals surface area contributed by atoms with Crippen LogP contribution in [0, 0.1) is 0 Å². The first-order valence-corrected chi connectivity index (χ1v) is 8.85. The van der Waals surface area contributed by atoms with E-state index in [1.165, 1.54) is 22.3 Å². The van der Waals surface area contributed by atoms with Gasteiger partial charge in [0.05, 0.1) is 0 Å². The lowest BCUT2D eigenvalue weighted by molar-refractivity contribution is 0.655. The third-order valence-electron chi connectivity index (χ3n) is 5.05. The predicted molar refractivity (Wildman–Crippen MR) is 117 cm³/mol. The van der Waals surface area contributed by atoms with Crippen LogP contribution in [0.1, 0.15) is 38.8 Å². The number of benzene rings is 1. The Labute approximate surface area is 158 Å². The number of anilines is 1. The molecule has 1 heteroatoms. The zero-order valence-electron chi connectivity index (χ0n) is 16.4. The molecule has 0 unspecified atom stereocenters. The van der Waals surface area contributed by atoms with Gasteiger partial charge < -0.3 is 5.32 Å². The van der Waals surface area contributed by atoms with Crippen LogP contribution in [0.15, 0.2) is 97.3 Å². The van der Waals surface area contributed by atoms with Crippen LogP contribution in [-0.4, -0.2) is 0 Å². The molecule has 0 spiro atoms. The van der Waals surface area contributed by atoms with Gasteiger partial charge in [0.2, 0.25) is 0 Å². The second-order valence-corrected chi connectivity index (χ2v) is 7.12. The summed E-state index contributed by atoms with van der Waals surface area (Å²) in [6.45, 7) is 24.3. The van der Waals surface area contributed by atoms with E-state index in [0.717, 1.165) is 22.5 Å². The number of fused-ring (bicyclic) bond motifs is 1. The van der Waals surface area contributed by atoms with Crippen LogP contribution in [0.5, 0.6) is 0 Å². The summed E-state index contributed by atoms with van der Waals surface area (Å²) < 4.78 is 0. The average molecular weight is 344 g/mol. The van der Waals surface area contributed by atoms with Crippen molar-refractivity contribution in [3.63, 3.8) is 0 Å². The smallest absolute Gasteiger partial charge is 0.0385 e. The van der Waals surface area contributed by atoms with Gasteiger partial charge in [0.15, 0.2) is 0 Å². The Morgan fingerprint density at radius 1 is 1.00 bits per heavy atom. The molecule has 0 radical (unpaired) electrons. The second-order valence-electron chi connectivity index (χ2n) is 7.12. The van der Waals surface area contributed by atoms with Gasteiger partial charge in [-0.25, -0.2) is 0 Å². The van der Waals surface area contributed by atoms with Gasteiger partial charge in [0.1, 0.15) is 0 Å². The molecular weight excluding hydrogens is 314 g/mol. The van der Waals surface area contributed by atoms with E-state index in [2.05, 4.69) is 76.7 Å². The third-order valence-corrected chi connectivity index (χ3v) is 5.05. The van der Waals surface area contributed by atoms with Crippen molar-refractivity contribution in [2.75, 3.05) is 5.32 Å². The van der Waals surface area contributed by atoms with Crippen molar-refractivity contribution in [3.8, 4) is 0 Å². The minimum atomic E-state index is -0.0818. The number of hydrogen-bond donors (Lipinski definition) is 1. The van der Waals surface area contributed by atoms with Crippen LogP contribution < -0.4 is 5.32 Å². The fraction of sp³-hybridized carbons (Fsp3) is 0.200. The Kier molecular flexibility index (Phi) is 5.72. The zero-order chi connectivity index (χ0) is 19.5. The molecule has 0 atom stereocenters. The number of allylic oxidation sites excluding steroid dienone is 10. The maximum atomic E-state index is 4.00. The highest BCUT2D eigenvalue weighted by atomic mass is 14.9. The van der Waals surface area contributed by atoms with Gasteiger partial charge in [-0.3, -0.25) is 0 Å².